The molecular weight excluding hydrogens is 291 g/mol. The predicted molar refractivity (Wildman–Crippen MR) is 64.1 cm³/mol. The summed E-state index contributed by atoms with van der Waals surface area (Å²) in [6.45, 7) is 0.0149. The van der Waals surface area contributed by atoms with Crippen molar-refractivity contribution in [3.8, 4) is 0 Å². The number of ether oxygens (including phenoxy) is 2. The van der Waals surface area contributed by atoms with Crippen molar-refractivity contribution in [2.24, 2.45) is 5.41 Å². The SMILES string of the molecule is O=C(COC1CC(OC(F)(F)F)C1)NC12CC(CO)(C1)C2. The molecule has 4 fully saturated rings. The van der Waals surface area contributed by atoms with E-state index >= 15 is 0 Å². The topological polar surface area (TPSA) is 67.8 Å². The van der Waals surface area contributed by atoms with Crippen LogP contribution >= 0.6 is 0 Å². The van der Waals surface area contributed by atoms with Gasteiger partial charge in [0.15, 0.2) is 0 Å². The van der Waals surface area contributed by atoms with Crippen LogP contribution in [0.5, 0.6) is 0 Å². The minimum atomic E-state index is -4.61. The molecule has 0 radical (unpaired) electrons. The quantitative estimate of drug-likeness (QED) is 0.771. The lowest BCUT2D eigenvalue weighted by Gasteiger charge is -2.70. The lowest BCUT2D eigenvalue weighted by molar-refractivity contribution is -0.357. The number of carbonyl (C=O) groups excluding carboxylic acids is 1. The maximum absolute atomic E-state index is 11.9. The summed E-state index contributed by atoms with van der Waals surface area (Å²) in [7, 11) is 0. The summed E-state index contributed by atoms with van der Waals surface area (Å²) in [4.78, 5) is 11.7. The summed E-state index contributed by atoms with van der Waals surface area (Å²) in [6.07, 6.45) is -3.11. The van der Waals surface area contributed by atoms with Crippen LogP contribution in [-0.2, 0) is 14.3 Å². The zero-order valence-corrected chi connectivity index (χ0v) is 11.4. The van der Waals surface area contributed by atoms with Crippen molar-refractivity contribution in [2.75, 3.05) is 13.2 Å². The van der Waals surface area contributed by atoms with Crippen molar-refractivity contribution in [2.45, 2.75) is 56.2 Å². The second-order valence-electron chi connectivity index (χ2n) is 6.61. The first-order chi connectivity index (χ1) is 9.73. The van der Waals surface area contributed by atoms with Gasteiger partial charge in [-0.2, -0.15) is 0 Å². The highest BCUT2D eigenvalue weighted by Gasteiger charge is 2.68. The first-order valence-electron chi connectivity index (χ1n) is 7.01. The van der Waals surface area contributed by atoms with E-state index in [9.17, 15) is 18.0 Å². The van der Waals surface area contributed by atoms with Gasteiger partial charge in [-0.3, -0.25) is 9.53 Å². The Bertz CT molecular complexity index is 414. The van der Waals surface area contributed by atoms with E-state index in [0.29, 0.717) is 0 Å². The molecule has 8 heteroatoms. The standard InChI is InChI=1S/C13H18F3NO4/c14-13(15,16)21-9-1-8(2-9)20-3-10(19)17-12-4-11(5-12,6-12)7-18/h8-9,18H,1-7H2,(H,17,19). The fourth-order valence-electron chi connectivity index (χ4n) is 3.76. The third-order valence-electron chi connectivity index (χ3n) is 4.68. The number of amides is 1. The average Bonchev–Trinajstić information content (AvgIpc) is 2.22. The minimum Gasteiger partial charge on any atom is -0.396 e. The average molecular weight is 309 g/mol. The Balaban J connectivity index is 1.29. The van der Waals surface area contributed by atoms with Gasteiger partial charge in [0.1, 0.15) is 6.61 Å². The molecule has 4 aliphatic rings. The number of rotatable bonds is 6. The van der Waals surface area contributed by atoms with Crippen LogP contribution in [0.3, 0.4) is 0 Å². The van der Waals surface area contributed by atoms with Gasteiger partial charge in [-0.15, -0.1) is 13.2 Å². The van der Waals surface area contributed by atoms with Gasteiger partial charge < -0.3 is 15.2 Å². The molecule has 0 atom stereocenters. The van der Waals surface area contributed by atoms with E-state index in [1.807, 2.05) is 0 Å². The summed E-state index contributed by atoms with van der Waals surface area (Å²) in [5, 5.41) is 12.0. The van der Waals surface area contributed by atoms with E-state index in [0.717, 1.165) is 19.3 Å². The van der Waals surface area contributed by atoms with Crippen molar-refractivity contribution in [1.29, 1.82) is 0 Å². The number of halogens is 3. The summed E-state index contributed by atoms with van der Waals surface area (Å²) in [6, 6.07) is 0. The van der Waals surface area contributed by atoms with Crippen molar-refractivity contribution < 1.29 is 32.5 Å². The van der Waals surface area contributed by atoms with Crippen LogP contribution in [0.2, 0.25) is 0 Å². The van der Waals surface area contributed by atoms with Crippen LogP contribution in [-0.4, -0.2) is 48.3 Å². The van der Waals surface area contributed by atoms with E-state index in [1.54, 1.807) is 0 Å². The van der Waals surface area contributed by atoms with Gasteiger partial charge in [0, 0.05) is 30.4 Å². The van der Waals surface area contributed by atoms with Gasteiger partial charge in [-0.05, 0) is 19.3 Å². The number of hydrogen-bond donors (Lipinski definition) is 2. The summed E-state index contributed by atoms with van der Waals surface area (Å²) >= 11 is 0. The molecule has 2 bridgehead atoms. The van der Waals surface area contributed by atoms with Crippen LogP contribution in [0.1, 0.15) is 32.1 Å². The largest absolute Gasteiger partial charge is 0.522 e. The lowest BCUT2D eigenvalue weighted by Crippen LogP contribution is -2.76. The first-order valence-corrected chi connectivity index (χ1v) is 7.01. The molecule has 0 aromatic rings. The van der Waals surface area contributed by atoms with Crippen LogP contribution in [0.4, 0.5) is 13.2 Å². The van der Waals surface area contributed by atoms with Crippen molar-refractivity contribution in [3.63, 3.8) is 0 Å². The van der Waals surface area contributed by atoms with E-state index in [2.05, 4.69) is 10.1 Å². The smallest absolute Gasteiger partial charge is 0.396 e. The number of nitrogens with one attached hydrogen (secondary N) is 1. The molecule has 0 aliphatic heterocycles. The van der Waals surface area contributed by atoms with E-state index in [-0.39, 0.29) is 49.0 Å². The Hall–Kier alpha value is -0.860. The highest BCUT2D eigenvalue weighted by molar-refractivity contribution is 5.78. The molecule has 0 aromatic heterocycles. The second-order valence-corrected chi connectivity index (χ2v) is 6.61. The molecule has 0 aromatic carbocycles. The molecule has 0 unspecified atom stereocenters. The number of carbonyl (C=O) groups is 1. The summed E-state index contributed by atoms with van der Waals surface area (Å²) < 4.78 is 44.9. The molecule has 0 spiro atoms. The number of alkyl halides is 3. The molecule has 4 rings (SSSR count). The zero-order valence-electron chi connectivity index (χ0n) is 11.4. The van der Waals surface area contributed by atoms with Crippen molar-refractivity contribution in [3.05, 3.63) is 0 Å². The van der Waals surface area contributed by atoms with Crippen LogP contribution in [0.25, 0.3) is 0 Å². The van der Waals surface area contributed by atoms with Crippen LogP contribution in [0, 0.1) is 5.41 Å². The third kappa shape index (κ3) is 3.02. The third-order valence-corrected chi connectivity index (χ3v) is 4.68. The number of aliphatic hydroxyl groups is 1. The van der Waals surface area contributed by atoms with Crippen LogP contribution in [0.15, 0.2) is 0 Å². The molecule has 120 valence electrons. The molecule has 5 nitrogen and oxygen atoms in total. The summed E-state index contributed by atoms with van der Waals surface area (Å²) in [5.41, 5.74) is -0.158. The fraction of sp³-hybridized carbons (Fsp3) is 0.923. The van der Waals surface area contributed by atoms with E-state index in [1.165, 1.54) is 0 Å². The molecule has 0 saturated heterocycles. The maximum atomic E-state index is 11.9. The van der Waals surface area contributed by atoms with Gasteiger partial charge in [-0.25, -0.2) is 0 Å². The van der Waals surface area contributed by atoms with Gasteiger partial charge in [0.2, 0.25) is 5.91 Å². The molecule has 4 saturated carbocycles. The molecule has 4 aliphatic carbocycles. The highest BCUT2D eigenvalue weighted by Crippen LogP contribution is 2.66. The maximum Gasteiger partial charge on any atom is 0.522 e. The van der Waals surface area contributed by atoms with Gasteiger partial charge >= 0.3 is 6.36 Å². The van der Waals surface area contributed by atoms with Crippen LogP contribution < -0.4 is 5.32 Å². The molecule has 0 heterocycles. The zero-order chi connectivity index (χ0) is 15.3. The van der Waals surface area contributed by atoms with Crippen molar-refractivity contribution >= 4 is 5.91 Å². The fourth-order valence-corrected chi connectivity index (χ4v) is 3.76. The first kappa shape index (κ1) is 15.1. The Labute approximate surface area is 119 Å². The van der Waals surface area contributed by atoms with Crippen molar-refractivity contribution in [1.82, 2.24) is 5.32 Å². The molecule has 21 heavy (non-hydrogen) atoms. The number of aliphatic hydroxyl groups excluding tert-OH is 1. The molecule has 1 amide bonds. The Kier molecular flexibility index (Phi) is 3.46. The monoisotopic (exact) mass is 309 g/mol. The second kappa shape index (κ2) is 4.82. The van der Waals surface area contributed by atoms with Gasteiger partial charge in [0.05, 0.1) is 12.2 Å². The van der Waals surface area contributed by atoms with E-state index in [4.69, 9.17) is 9.84 Å². The predicted octanol–water partition coefficient (Wildman–Crippen LogP) is 1.10. The Morgan fingerprint density at radius 2 is 1.86 bits per heavy atom. The summed E-state index contributed by atoms with van der Waals surface area (Å²) in [5.74, 6) is -0.249. The minimum absolute atomic E-state index is 0.0181. The number of hydrogen-bond acceptors (Lipinski definition) is 4. The highest BCUT2D eigenvalue weighted by atomic mass is 19.4. The van der Waals surface area contributed by atoms with Gasteiger partial charge in [0.25, 0.3) is 0 Å². The Morgan fingerprint density at radius 1 is 1.24 bits per heavy atom. The van der Waals surface area contributed by atoms with E-state index < -0.39 is 12.5 Å². The lowest BCUT2D eigenvalue weighted by atomic mass is 9.39. The Morgan fingerprint density at radius 3 is 2.38 bits per heavy atom. The molecule has 2 N–H and O–H groups in total. The van der Waals surface area contributed by atoms with Gasteiger partial charge in [-0.1, -0.05) is 0 Å². The normalized spacial score (nSPS) is 40.8. The molecular formula is C13H18F3NO4.